The quantitative estimate of drug-likeness (QED) is 0.618. The van der Waals surface area contributed by atoms with Gasteiger partial charge >= 0.3 is 0 Å². The van der Waals surface area contributed by atoms with Gasteiger partial charge in [-0.2, -0.15) is 0 Å². The van der Waals surface area contributed by atoms with Gasteiger partial charge in [0.25, 0.3) is 11.8 Å². The predicted octanol–water partition coefficient (Wildman–Crippen LogP) is 5.00. The number of ether oxygens (including phenoxy) is 1. The number of halogens is 1. The third kappa shape index (κ3) is 5.11. The zero-order valence-corrected chi connectivity index (χ0v) is 15.9. The van der Waals surface area contributed by atoms with Gasteiger partial charge in [-0.3, -0.25) is 9.59 Å². The summed E-state index contributed by atoms with van der Waals surface area (Å²) in [6.45, 7) is 1.64. The average molecular weight is 395 g/mol. The first kappa shape index (κ1) is 19.5. The molecule has 1 unspecified atom stereocenters. The van der Waals surface area contributed by atoms with Crippen LogP contribution < -0.4 is 15.4 Å². The number of para-hydroxylation sites is 2. The Kier molecular flexibility index (Phi) is 6.29. The second-order valence-corrected chi connectivity index (χ2v) is 6.48. The van der Waals surface area contributed by atoms with E-state index in [2.05, 4.69) is 10.6 Å². The third-order valence-electron chi connectivity index (χ3n) is 3.94. The molecular formula is C22H19ClN2O3. The Morgan fingerprint density at radius 2 is 1.54 bits per heavy atom. The van der Waals surface area contributed by atoms with Crippen molar-refractivity contribution in [3.63, 3.8) is 0 Å². The molecule has 0 aliphatic carbocycles. The topological polar surface area (TPSA) is 67.4 Å². The molecule has 0 saturated carbocycles. The fraction of sp³-hybridized carbons (Fsp3) is 0.0909. The Hall–Kier alpha value is -3.31. The normalized spacial score (nSPS) is 11.4. The number of benzene rings is 3. The van der Waals surface area contributed by atoms with Gasteiger partial charge in [-0.05, 0) is 49.4 Å². The SMILES string of the molecule is CC(Oc1ccccc1)C(=O)Nc1cc(C(=O)Nc2ccccc2)ccc1Cl. The van der Waals surface area contributed by atoms with E-state index in [0.29, 0.717) is 27.7 Å². The molecule has 0 fully saturated rings. The van der Waals surface area contributed by atoms with Gasteiger partial charge in [-0.25, -0.2) is 0 Å². The zero-order valence-electron chi connectivity index (χ0n) is 15.2. The van der Waals surface area contributed by atoms with Gasteiger partial charge in [0.1, 0.15) is 5.75 Å². The highest BCUT2D eigenvalue weighted by Crippen LogP contribution is 2.24. The molecule has 28 heavy (non-hydrogen) atoms. The van der Waals surface area contributed by atoms with Crippen molar-refractivity contribution in [2.75, 3.05) is 10.6 Å². The van der Waals surface area contributed by atoms with Gasteiger partial charge in [0, 0.05) is 11.3 Å². The van der Waals surface area contributed by atoms with Crippen LogP contribution in [-0.4, -0.2) is 17.9 Å². The highest BCUT2D eigenvalue weighted by Gasteiger charge is 2.17. The number of carbonyl (C=O) groups excluding carboxylic acids is 2. The first-order valence-corrected chi connectivity index (χ1v) is 9.09. The molecular weight excluding hydrogens is 376 g/mol. The molecule has 0 aromatic heterocycles. The molecule has 0 saturated heterocycles. The van der Waals surface area contributed by atoms with Crippen molar-refractivity contribution in [2.24, 2.45) is 0 Å². The zero-order chi connectivity index (χ0) is 19.9. The summed E-state index contributed by atoms with van der Waals surface area (Å²) in [4.78, 5) is 24.9. The summed E-state index contributed by atoms with van der Waals surface area (Å²) in [5.74, 6) is -0.0782. The first-order valence-electron chi connectivity index (χ1n) is 8.71. The average Bonchev–Trinajstić information content (AvgIpc) is 2.71. The second kappa shape index (κ2) is 9.06. The van der Waals surface area contributed by atoms with Crippen LogP contribution in [0.3, 0.4) is 0 Å². The van der Waals surface area contributed by atoms with Gasteiger partial charge in [0.15, 0.2) is 6.10 Å². The van der Waals surface area contributed by atoms with Gasteiger partial charge in [0.2, 0.25) is 0 Å². The Labute approximate surface area is 168 Å². The highest BCUT2D eigenvalue weighted by molar-refractivity contribution is 6.34. The molecule has 1 atom stereocenters. The van der Waals surface area contributed by atoms with Crippen molar-refractivity contribution in [1.29, 1.82) is 0 Å². The Morgan fingerprint density at radius 1 is 0.893 bits per heavy atom. The van der Waals surface area contributed by atoms with Gasteiger partial charge in [0.05, 0.1) is 10.7 Å². The minimum absolute atomic E-state index is 0.299. The lowest BCUT2D eigenvalue weighted by atomic mass is 10.1. The molecule has 0 heterocycles. The summed E-state index contributed by atoms with van der Waals surface area (Å²) in [7, 11) is 0. The summed E-state index contributed by atoms with van der Waals surface area (Å²) >= 11 is 6.18. The monoisotopic (exact) mass is 394 g/mol. The van der Waals surface area contributed by atoms with Gasteiger partial charge in [-0.15, -0.1) is 0 Å². The molecule has 6 heteroatoms. The van der Waals surface area contributed by atoms with Gasteiger partial charge in [-0.1, -0.05) is 48.0 Å². The van der Waals surface area contributed by atoms with Crippen molar-refractivity contribution in [2.45, 2.75) is 13.0 Å². The number of hydrogen-bond donors (Lipinski definition) is 2. The summed E-state index contributed by atoms with van der Waals surface area (Å²) < 4.78 is 5.61. The number of anilines is 2. The van der Waals surface area contributed by atoms with Crippen LogP contribution in [-0.2, 0) is 4.79 Å². The van der Waals surface area contributed by atoms with Crippen LogP contribution in [0.4, 0.5) is 11.4 Å². The van der Waals surface area contributed by atoms with Crippen molar-refractivity contribution >= 4 is 34.8 Å². The molecule has 0 spiro atoms. The van der Waals surface area contributed by atoms with Crippen molar-refractivity contribution in [3.8, 4) is 5.75 Å². The van der Waals surface area contributed by atoms with Gasteiger partial charge < -0.3 is 15.4 Å². The maximum atomic E-state index is 12.4. The summed E-state index contributed by atoms with van der Waals surface area (Å²) in [6, 6.07) is 22.9. The summed E-state index contributed by atoms with van der Waals surface area (Å²) in [6.07, 6.45) is -0.736. The molecule has 2 amide bonds. The fourth-order valence-corrected chi connectivity index (χ4v) is 2.64. The van der Waals surface area contributed by atoms with E-state index in [9.17, 15) is 9.59 Å². The largest absolute Gasteiger partial charge is 0.481 e. The molecule has 0 aliphatic heterocycles. The standard InChI is InChI=1S/C22H19ClN2O3/c1-15(28-18-10-6-3-7-11-18)21(26)25-20-14-16(12-13-19(20)23)22(27)24-17-8-4-2-5-9-17/h2-15H,1H3,(H,24,27)(H,25,26). The molecule has 0 radical (unpaired) electrons. The number of rotatable bonds is 6. The molecule has 5 nitrogen and oxygen atoms in total. The van der Waals surface area contributed by atoms with E-state index in [1.165, 1.54) is 6.07 Å². The van der Waals surface area contributed by atoms with Crippen molar-refractivity contribution in [3.05, 3.63) is 89.4 Å². The minimum Gasteiger partial charge on any atom is -0.481 e. The predicted molar refractivity (Wildman–Crippen MR) is 111 cm³/mol. The fourth-order valence-electron chi connectivity index (χ4n) is 2.48. The van der Waals surface area contributed by atoms with E-state index in [1.807, 2.05) is 36.4 Å². The lowest BCUT2D eigenvalue weighted by Crippen LogP contribution is -2.30. The molecule has 3 aromatic carbocycles. The van der Waals surface area contributed by atoms with Crippen molar-refractivity contribution in [1.82, 2.24) is 0 Å². The highest BCUT2D eigenvalue weighted by atomic mass is 35.5. The Bertz CT molecular complexity index is 962. The Morgan fingerprint density at radius 3 is 2.21 bits per heavy atom. The Balaban J connectivity index is 1.69. The maximum absolute atomic E-state index is 12.4. The molecule has 3 aromatic rings. The van der Waals surface area contributed by atoms with Crippen LogP contribution in [0.25, 0.3) is 0 Å². The van der Waals surface area contributed by atoms with Crippen LogP contribution in [0.1, 0.15) is 17.3 Å². The van der Waals surface area contributed by atoms with Crippen LogP contribution in [0.5, 0.6) is 5.75 Å². The van der Waals surface area contributed by atoms with E-state index in [0.717, 1.165) is 0 Å². The van der Waals surface area contributed by atoms with E-state index in [1.54, 1.807) is 43.3 Å². The van der Waals surface area contributed by atoms with Crippen LogP contribution in [0.15, 0.2) is 78.9 Å². The first-order chi connectivity index (χ1) is 13.5. The maximum Gasteiger partial charge on any atom is 0.265 e. The minimum atomic E-state index is -0.736. The number of amides is 2. The lowest BCUT2D eigenvalue weighted by Gasteiger charge is -2.16. The summed E-state index contributed by atoms with van der Waals surface area (Å²) in [5.41, 5.74) is 1.40. The summed E-state index contributed by atoms with van der Waals surface area (Å²) in [5, 5.41) is 5.84. The van der Waals surface area contributed by atoms with E-state index < -0.39 is 6.10 Å². The van der Waals surface area contributed by atoms with Crippen molar-refractivity contribution < 1.29 is 14.3 Å². The smallest absolute Gasteiger partial charge is 0.265 e. The molecule has 2 N–H and O–H groups in total. The van der Waals surface area contributed by atoms with E-state index >= 15 is 0 Å². The van der Waals surface area contributed by atoms with Crippen LogP contribution in [0, 0.1) is 0 Å². The lowest BCUT2D eigenvalue weighted by molar-refractivity contribution is -0.122. The molecule has 3 rings (SSSR count). The van der Waals surface area contributed by atoms with Crippen LogP contribution in [0.2, 0.25) is 5.02 Å². The second-order valence-electron chi connectivity index (χ2n) is 6.08. The number of carbonyl (C=O) groups is 2. The van der Waals surface area contributed by atoms with E-state index in [4.69, 9.17) is 16.3 Å². The number of nitrogens with one attached hydrogen (secondary N) is 2. The molecule has 142 valence electrons. The number of hydrogen-bond acceptors (Lipinski definition) is 3. The van der Waals surface area contributed by atoms with E-state index in [-0.39, 0.29) is 11.8 Å². The molecule has 0 aliphatic rings. The molecule has 0 bridgehead atoms. The van der Waals surface area contributed by atoms with Crippen LogP contribution >= 0.6 is 11.6 Å². The third-order valence-corrected chi connectivity index (χ3v) is 4.27.